The van der Waals surface area contributed by atoms with Crippen molar-refractivity contribution in [3.05, 3.63) is 52.0 Å². The molecule has 0 atom stereocenters. The van der Waals surface area contributed by atoms with Gasteiger partial charge in [0.1, 0.15) is 0 Å². The van der Waals surface area contributed by atoms with E-state index in [-0.39, 0.29) is 35.3 Å². The molecule has 0 heterocycles. The number of phenols is 1. The number of benzene rings is 2. The second-order valence-corrected chi connectivity index (χ2v) is 6.78. The van der Waals surface area contributed by atoms with Crippen molar-refractivity contribution in [3.63, 3.8) is 0 Å². The van der Waals surface area contributed by atoms with Gasteiger partial charge >= 0.3 is 0 Å². The Hall–Kier alpha value is -3.06. The van der Waals surface area contributed by atoms with E-state index in [9.17, 15) is 14.7 Å². The summed E-state index contributed by atoms with van der Waals surface area (Å²) >= 11 is 5.94. The number of nitrogens with one attached hydrogen (secondary N) is 2. The fourth-order valence-corrected chi connectivity index (χ4v) is 2.71. The first-order valence-corrected chi connectivity index (χ1v) is 9.53. The summed E-state index contributed by atoms with van der Waals surface area (Å²) in [7, 11) is 0. The highest BCUT2D eigenvalue weighted by Gasteiger charge is 2.10. The molecule has 3 N–H and O–H groups in total. The number of rotatable bonds is 8. The van der Waals surface area contributed by atoms with Gasteiger partial charge in [-0.05, 0) is 55.7 Å². The predicted molar refractivity (Wildman–Crippen MR) is 114 cm³/mol. The molecule has 2 amide bonds. The van der Waals surface area contributed by atoms with Gasteiger partial charge < -0.3 is 15.2 Å². The second-order valence-electron chi connectivity index (χ2n) is 6.37. The highest BCUT2D eigenvalue weighted by molar-refractivity contribution is 6.32. The van der Waals surface area contributed by atoms with Crippen LogP contribution in [0.25, 0.3) is 0 Å². The predicted octanol–water partition coefficient (Wildman–Crippen LogP) is 3.93. The average molecular weight is 418 g/mol. The lowest BCUT2D eigenvalue weighted by molar-refractivity contribution is -0.124. The normalized spacial score (nSPS) is 10.8. The molecule has 0 aliphatic rings. The molecule has 0 radical (unpaired) electrons. The number of amides is 2. The zero-order chi connectivity index (χ0) is 21.4. The Morgan fingerprint density at radius 3 is 2.66 bits per heavy atom. The van der Waals surface area contributed by atoms with E-state index in [0.29, 0.717) is 12.2 Å². The van der Waals surface area contributed by atoms with Crippen LogP contribution in [0.4, 0.5) is 5.69 Å². The summed E-state index contributed by atoms with van der Waals surface area (Å²) in [5.74, 6) is -0.558. The van der Waals surface area contributed by atoms with Gasteiger partial charge in [0.25, 0.3) is 0 Å². The number of aromatic hydroxyl groups is 1. The number of nitrogens with zero attached hydrogens (tertiary/aromatic N) is 1. The first-order chi connectivity index (χ1) is 13.8. The molecule has 29 heavy (non-hydrogen) atoms. The largest absolute Gasteiger partial charge is 0.503 e. The molecule has 0 spiro atoms. The van der Waals surface area contributed by atoms with Gasteiger partial charge in [0.15, 0.2) is 11.5 Å². The molecule has 0 aliphatic heterocycles. The van der Waals surface area contributed by atoms with Gasteiger partial charge in [-0.3, -0.25) is 9.59 Å². The van der Waals surface area contributed by atoms with Gasteiger partial charge in [-0.15, -0.1) is 0 Å². The number of hydrogen-bond acceptors (Lipinski definition) is 5. The lowest BCUT2D eigenvalue weighted by Gasteiger charge is -2.10. The maximum Gasteiger partial charge on any atom is 0.240 e. The molecule has 0 aromatic heterocycles. The minimum atomic E-state index is -0.396. The van der Waals surface area contributed by atoms with Crippen LogP contribution in [0.3, 0.4) is 0 Å². The summed E-state index contributed by atoms with van der Waals surface area (Å²) in [6, 6.07) is 8.70. The van der Waals surface area contributed by atoms with E-state index in [1.807, 2.05) is 32.0 Å². The van der Waals surface area contributed by atoms with E-state index in [4.69, 9.17) is 16.3 Å². The van der Waals surface area contributed by atoms with E-state index in [1.54, 1.807) is 13.0 Å². The van der Waals surface area contributed by atoms with Crippen LogP contribution >= 0.6 is 11.6 Å². The Labute approximate surface area is 174 Å². The zero-order valence-electron chi connectivity index (χ0n) is 16.6. The lowest BCUT2D eigenvalue weighted by atomic mass is 10.1. The summed E-state index contributed by atoms with van der Waals surface area (Å²) in [4.78, 5) is 24.0. The molecule has 0 aliphatic carbocycles. The Morgan fingerprint density at radius 2 is 1.93 bits per heavy atom. The molecule has 2 rings (SSSR count). The number of anilines is 1. The van der Waals surface area contributed by atoms with Crippen molar-refractivity contribution in [2.24, 2.45) is 5.10 Å². The summed E-state index contributed by atoms with van der Waals surface area (Å²) in [6.45, 7) is 6.05. The fourth-order valence-electron chi connectivity index (χ4n) is 2.49. The SMILES string of the molecule is CCOc1cc(/C=N/NC(=O)CCC(=O)Nc2cccc(C)c2C)cc(Cl)c1O. The van der Waals surface area contributed by atoms with Gasteiger partial charge in [-0.1, -0.05) is 23.7 Å². The minimum absolute atomic E-state index is 0.00539. The van der Waals surface area contributed by atoms with Gasteiger partial charge in [0.05, 0.1) is 17.8 Å². The molecule has 7 nitrogen and oxygen atoms in total. The first-order valence-electron chi connectivity index (χ1n) is 9.15. The summed E-state index contributed by atoms with van der Waals surface area (Å²) in [5, 5.41) is 16.6. The van der Waals surface area contributed by atoms with Crippen LogP contribution in [-0.2, 0) is 9.59 Å². The maximum absolute atomic E-state index is 12.1. The number of ether oxygens (including phenoxy) is 1. The van der Waals surface area contributed by atoms with E-state index in [0.717, 1.165) is 16.8 Å². The number of carbonyl (C=O) groups excluding carboxylic acids is 2. The van der Waals surface area contributed by atoms with Gasteiger partial charge in [-0.2, -0.15) is 5.10 Å². The highest BCUT2D eigenvalue weighted by Crippen LogP contribution is 2.34. The fraction of sp³-hybridized carbons (Fsp3) is 0.286. The third-order valence-corrected chi connectivity index (χ3v) is 4.50. The smallest absolute Gasteiger partial charge is 0.240 e. The number of carbonyl (C=O) groups is 2. The summed E-state index contributed by atoms with van der Waals surface area (Å²) in [6.07, 6.45) is 1.41. The summed E-state index contributed by atoms with van der Waals surface area (Å²) < 4.78 is 5.29. The first kappa shape index (κ1) is 22.2. The van der Waals surface area contributed by atoms with Crippen molar-refractivity contribution in [2.45, 2.75) is 33.6 Å². The molecule has 0 saturated heterocycles. The van der Waals surface area contributed by atoms with Crippen LogP contribution in [0.15, 0.2) is 35.4 Å². The standard InChI is InChI=1S/C21H24ClN3O4/c1-4-29-18-11-15(10-16(22)21(18)28)12-23-25-20(27)9-8-19(26)24-17-7-5-6-13(2)14(17)3/h5-7,10-12,28H,4,8-9H2,1-3H3,(H,24,26)(H,25,27)/b23-12+. The van der Waals surface area contributed by atoms with E-state index in [1.165, 1.54) is 12.3 Å². The molecule has 8 heteroatoms. The Morgan fingerprint density at radius 1 is 1.21 bits per heavy atom. The topological polar surface area (TPSA) is 100 Å². The second kappa shape index (κ2) is 10.5. The highest BCUT2D eigenvalue weighted by atomic mass is 35.5. The van der Waals surface area contributed by atoms with Crippen molar-refractivity contribution in [1.82, 2.24) is 5.43 Å². The van der Waals surface area contributed by atoms with Crippen LogP contribution in [0.5, 0.6) is 11.5 Å². The Kier molecular flexibility index (Phi) is 8.03. The van der Waals surface area contributed by atoms with Crippen LogP contribution in [0.1, 0.15) is 36.5 Å². The van der Waals surface area contributed by atoms with Crippen molar-refractivity contribution in [2.75, 3.05) is 11.9 Å². The molecule has 0 saturated carbocycles. The molecule has 2 aromatic rings. The third-order valence-electron chi connectivity index (χ3n) is 4.21. The van der Waals surface area contributed by atoms with E-state index < -0.39 is 5.91 Å². The zero-order valence-corrected chi connectivity index (χ0v) is 17.3. The van der Waals surface area contributed by atoms with Crippen molar-refractivity contribution in [1.29, 1.82) is 0 Å². The molecule has 0 bridgehead atoms. The third kappa shape index (κ3) is 6.50. The van der Waals surface area contributed by atoms with Crippen LogP contribution < -0.4 is 15.5 Å². The minimum Gasteiger partial charge on any atom is -0.503 e. The van der Waals surface area contributed by atoms with E-state index >= 15 is 0 Å². The number of hydrogen-bond donors (Lipinski definition) is 3. The average Bonchev–Trinajstić information content (AvgIpc) is 2.68. The number of phenolic OH excluding ortho intramolecular Hbond substituents is 1. The van der Waals surface area contributed by atoms with Crippen molar-refractivity contribution < 1.29 is 19.4 Å². The summed E-state index contributed by atoms with van der Waals surface area (Å²) in [5.41, 5.74) is 5.72. The van der Waals surface area contributed by atoms with Crippen LogP contribution in [-0.4, -0.2) is 29.7 Å². The van der Waals surface area contributed by atoms with Crippen LogP contribution in [0.2, 0.25) is 5.02 Å². The van der Waals surface area contributed by atoms with Crippen LogP contribution in [0, 0.1) is 13.8 Å². The number of halogens is 1. The van der Waals surface area contributed by atoms with Crippen molar-refractivity contribution >= 4 is 35.3 Å². The van der Waals surface area contributed by atoms with Gasteiger partial charge in [0, 0.05) is 18.5 Å². The maximum atomic E-state index is 12.1. The van der Waals surface area contributed by atoms with E-state index in [2.05, 4.69) is 15.8 Å². The molecule has 0 fully saturated rings. The Bertz CT molecular complexity index is 928. The van der Waals surface area contributed by atoms with Gasteiger partial charge in [0.2, 0.25) is 11.8 Å². The molecule has 0 unspecified atom stereocenters. The molecule has 154 valence electrons. The number of hydrazone groups is 1. The molecular weight excluding hydrogens is 394 g/mol. The van der Waals surface area contributed by atoms with Crippen molar-refractivity contribution in [3.8, 4) is 11.5 Å². The monoisotopic (exact) mass is 417 g/mol. The lowest BCUT2D eigenvalue weighted by Crippen LogP contribution is -2.21. The molecular formula is C21H24ClN3O4. The molecule has 2 aromatic carbocycles. The number of aryl methyl sites for hydroxylation is 1. The quantitative estimate of drug-likeness (QED) is 0.447. The van der Waals surface area contributed by atoms with Gasteiger partial charge in [-0.25, -0.2) is 5.43 Å². The Balaban J connectivity index is 1.85.